The minimum absolute atomic E-state index is 0.0217. The lowest BCUT2D eigenvalue weighted by Crippen LogP contribution is -2.24. The van der Waals surface area contributed by atoms with Crippen LogP contribution in [0.1, 0.15) is 12.0 Å². The van der Waals surface area contributed by atoms with Crippen LogP contribution in [0.5, 0.6) is 0 Å². The molecule has 1 aromatic heterocycles. The van der Waals surface area contributed by atoms with Crippen molar-refractivity contribution in [2.24, 2.45) is 5.73 Å². The highest BCUT2D eigenvalue weighted by Crippen LogP contribution is 2.21. The maximum Gasteiger partial charge on any atom is 0.326 e. The van der Waals surface area contributed by atoms with Crippen LogP contribution in [-0.4, -0.2) is 15.6 Å². The van der Waals surface area contributed by atoms with E-state index in [-0.39, 0.29) is 11.7 Å². The lowest BCUT2D eigenvalue weighted by molar-refractivity contribution is 0.556. The van der Waals surface area contributed by atoms with Crippen molar-refractivity contribution < 1.29 is 0 Å². The van der Waals surface area contributed by atoms with E-state index in [0.29, 0.717) is 0 Å². The highest BCUT2D eigenvalue weighted by molar-refractivity contribution is 5.79. The van der Waals surface area contributed by atoms with Gasteiger partial charge in [-0.25, -0.2) is 4.79 Å². The van der Waals surface area contributed by atoms with Crippen LogP contribution in [0.4, 0.5) is 0 Å². The van der Waals surface area contributed by atoms with Gasteiger partial charge in [-0.05, 0) is 24.5 Å². The SMILES string of the molecule is N[C@H]1CCn2c(=O)[nH]c3cccc(c32)C1. The minimum Gasteiger partial charge on any atom is -0.327 e. The number of para-hydroxylation sites is 1. The van der Waals surface area contributed by atoms with Gasteiger partial charge in [0.1, 0.15) is 0 Å². The summed E-state index contributed by atoms with van der Waals surface area (Å²) in [5.41, 5.74) is 9.09. The average molecular weight is 203 g/mol. The molecule has 1 aromatic carbocycles. The first-order chi connectivity index (χ1) is 7.25. The van der Waals surface area contributed by atoms with E-state index in [4.69, 9.17) is 5.73 Å². The van der Waals surface area contributed by atoms with E-state index in [0.717, 1.165) is 30.4 Å². The zero-order valence-electron chi connectivity index (χ0n) is 8.36. The fraction of sp³-hybridized carbons (Fsp3) is 0.364. The molecule has 2 aromatic rings. The summed E-state index contributed by atoms with van der Waals surface area (Å²) in [4.78, 5) is 14.5. The van der Waals surface area contributed by atoms with Gasteiger partial charge in [-0.3, -0.25) is 4.57 Å². The number of aryl methyl sites for hydroxylation is 1. The molecule has 4 heteroatoms. The number of nitrogens with one attached hydrogen (secondary N) is 1. The van der Waals surface area contributed by atoms with Gasteiger partial charge in [0, 0.05) is 12.6 Å². The summed E-state index contributed by atoms with van der Waals surface area (Å²) in [5.74, 6) is 0. The lowest BCUT2D eigenvalue weighted by atomic mass is 10.0. The van der Waals surface area contributed by atoms with Gasteiger partial charge >= 0.3 is 5.69 Å². The third-order valence-corrected chi connectivity index (χ3v) is 3.08. The summed E-state index contributed by atoms with van der Waals surface area (Å²) in [6.07, 6.45) is 1.72. The van der Waals surface area contributed by atoms with E-state index in [1.807, 2.05) is 12.1 Å². The summed E-state index contributed by atoms with van der Waals surface area (Å²) in [6, 6.07) is 6.12. The molecule has 1 aliphatic rings. The molecule has 1 aliphatic heterocycles. The quantitative estimate of drug-likeness (QED) is 0.658. The zero-order chi connectivity index (χ0) is 10.4. The highest BCUT2D eigenvalue weighted by Gasteiger charge is 2.17. The molecular formula is C11H13N3O. The summed E-state index contributed by atoms with van der Waals surface area (Å²) in [6.45, 7) is 0.719. The largest absolute Gasteiger partial charge is 0.327 e. The van der Waals surface area contributed by atoms with Crippen LogP contribution >= 0.6 is 0 Å². The normalized spacial score (nSPS) is 20.5. The van der Waals surface area contributed by atoms with E-state index in [1.54, 1.807) is 4.57 Å². The number of rotatable bonds is 0. The fourth-order valence-corrected chi connectivity index (χ4v) is 2.35. The van der Waals surface area contributed by atoms with Crippen LogP contribution in [0, 0.1) is 0 Å². The summed E-state index contributed by atoms with van der Waals surface area (Å²) >= 11 is 0. The van der Waals surface area contributed by atoms with Crippen molar-refractivity contribution in [3.63, 3.8) is 0 Å². The van der Waals surface area contributed by atoms with E-state index in [9.17, 15) is 4.79 Å². The lowest BCUT2D eigenvalue weighted by Gasteiger charge is -2.06. The summed E-state index contributed by atoms with van der Waals surface area (Å²) in [5, 5.41) is 0. The first-order valence-electron chi connectivity index (χ1n) is 5.21. The first kappa shape index (κ1) is 8.73. The number of imidazole rings is 1. The predicted molar refractivity (Wildman–Crippen MR) is 58.9 cm³/mol. The fourth-order valence-electron chi connectivity index (χ4n) is 2.35. The van der Waals surface area contributed by atoms with Crippen molar-refractivity contribution in [1.82, 2.24) is 9.55 Å². The van der Waals surface area contributed by atoms with Crippen LogP contribution < -0.4 is 11.4 Å². The molecule has 0 aliphatic carbocycles. The van der Waals surface area contributed by atoms with Crippen molar-refractivity contribution in [2.45, 2.75) is 25.4 Å². The molecule has 15 heavy (non-hydrogen) atoms. The molecule has 4 nitrogen and oxygen atoms in total. The van der Waals surface area contributed by atoms with Gasteiger partial charge in [-0.15, -0.1) is 0 Å². The Hall–Kier alpha value is -1.55. The molecule has 0 saturated carbocycles. The predicted octanol–water partition coefficient (Wildman–Crippen LogP) is 0.603. The second-order valence-electron chi connectivity index (χ2n) is 4.15. The van der Waals surface area contributed by atoms with Gasteiger partial charge in [0.05, 0.1) is 11.0 Å². The second kappa shape index (κ2) is 2.97. The Kier molecular flexibility index (Phi) is 1.73. The van der Waals surface area contributed by atoms with Crippen molar-refractivity contribution in [3.05, 3.63) is 34.2 Å². The van der Waals surface area contributed by atoms with Crippen molar-refractivity contribution in [2.75, 3.05) is 0 Å². The molecule has 1 atom stereocenters. The number of nitrogens with zero attached hydrogens (tertiary/aromatic N) is 1. The first-order valence-corrected chi connectivity index (χ1v) is 5.21. The Balaban J connectivity index is 2.39. The van der Waals surface area contributed by atoms with Gasteiger partial charge in [0.2, 0.25) is 0 Å². The van der Waals surface area contributed by atoms with Crippen LogP contribution in [0.25, 0.3) is 11.0 Å². The molecule has 2 heterocycles. The molecule has 0 radical (unpaired) electrons. The third-order valence-electron chi connectivity index (χ3n) is 3.08. The Bertz CT molecular complexity index is 567. The van der Waals surface area contributed by atoms with Crippen LogP contribution in [0.3, 0.4) is 0 Å². The molecule has 0 unspecified atom stereocenters. The number of hydrogen-bond donors (Lipinski definition) is 2. The standard InChI is InChI=1S/C11H13N3O/c12-8-4-5-14-10-7(6-8)2-1-3-9(10)13-11(14)15/h1-3,8H,4-6,12H2,(H,13,15)/t8-/m0/s1. The minimum atomic E-state index is -0.0217. The maximum atomic E-state index is 11.7. The van der Waals surface area contributed by atoms with Crippen molar-refractivity contribution >= 4 is 11.0 Å². The number of H-pyrrole nitrogens is 1. The smallest absolute Gasteiger partial charge is 0.326 e. The van der Waals surface area contributed by atoms with Gasteiger partial charge in [0.25, 0.3) is 0 Å². The Labute approximate surface area is 86.7 Å². The van der Waals surface area contributed by atoms with Crippen molar-refractivity contribution in [1.29, 1.82) is 0 Å². The number of aromatic nitrogens is 2. The van der Waals surface area contributed by atoms with Gasteiger partial charge in [-0.2, -0.15) is 0 Å². The molecule has 78 valence electrons. The zero-order valence-corrected chi connectivity index (χ0v) is 8.36. The number of aromatic amines is 1. The third kappa shape index (κ3) is 1.22. The molecule has 3 N–H and O–H groups in total. The van der Waals surface area contributed by atoms with E-state index in [1.165, 1.54) is 5.56 Å². The van der Waals surface area contributed by atoms with Crippen LogP contribution in [-0.2, 0) is 13.0 Å². The van der Waals surface area contributed by atoms with Gasteiger partial charge in [0.15, 0.2) is 0 Å². The Morgan fingerprint density at radius 1 is 1.47 bits per heavy atom. The summed E-state index contributed by atoms with van der Waals surface area (Å²) in [7, 11) is 0. The molecule has 0 saturated heterocycles. The molecule has 0 amide bonds. The topological polar surface area (TPSA) is 63.8 Å². The van der Waals surface area contributed by atoms with E-state index in [2.05, 4.69) is 11.1 Å². The maximum absolute atomic E-state index is 11.7. The van der Waals surface area contributed by atoms with E-state index < -0.39 is 0 Å². The average Bonchev–Trinajstić information content (AvgIpc) is 2.40. The van der Waals surface area contributed by atoms with Crippen LogP contribution in [0.15, 0.2) is 23.0 Å². The Morgan fingerprint density at radius 2 is 2.33 bits per heavy atom. The van der Waals surface area contributed by atoms with E-state index >= 15 is 0 Å². The van der Waals surface area contributed by atoms with Gasteiger partial charge < -0.3 is 10.7 Å². The highest BCUT2D eigenvalue weighted by atomic mass is 16.1. The molecular weight excluding hydrogens is 190 g/mol. The van der Waals surface area contributed by atoms with Crippen molar-refractivity contribution in [3.8, 4) is 0 Å². The second-order valence-corrected chi connectivity index (χ2v) is 4.15. The number of benzene rings is 1. The monoisotopic (exact) mass is 203 g/mol. The number of hydrogen-bond acceptors (Lipinski definition) is 2. The molecule has 0 fully saturated rings. The molecule has 0 spiro atoms. The van der Waals surface area contributed by atoms with Crippen LogP contribution in [0.2, 0.25) is 0 Å². The number of nitrogens with two attached hydrogens (primary N) is 1. The Morgan fingerprint density at radius 3 is 3.20 bits per heavy atom. The summed E-state index contributed by atoms with van der Waals surface area (Å²) < 4.78 is 1.80. The van der Waals surface area contributed by atoms with Gasteiger partial charge in [-0.1, -0.05) is 12.1 Å². The molecule has 0 bridgehead atoms. The molecule has 3 rings (SSSR count).